The number of carbonyl (C=O) groups excluding carboxylic acids is 2. The van der Waals surface area contributed by atoms with E-state index < -0.39 is 29.2 Å². The summed E-state index contributed by atoms with van der Waals surface area (Å²) < 4.78 is 11.6. The van der Waals surface area contributed by atoms with Crippen molar-refractivity contribution in [3.8, 4) is 0 Å². The van der Waals surface area contributed by atoms with Crippen LogP contribution in [-0.2, 0) is 24.7 Å². The van der Waals surface area contributed by atoms with Gasteiger partial charge in [-0.15, -0.1) is 0 Å². The van der Waals surface area contributed by atoms with Gasteiger partial charge in [0, 0.05) is 28.1 Å². The van der Waals surface area contributed by atoms with Gasteiger partial charge >= 0.3 is 11.9 Å². The first-order valence-electron chi connectivity index (χ1n) is 11.2. The molecule has 6 heteroatoms. The van der Waals surface area contributed by atoms with Crippen LogP contribution in [0, 0.1) is 0 Å². The van der Waals surface area contributed by atoms with Gasteiger partial charge in [0.2, 0.25) is 0 Å². The molecule has 3 rings (SSSR count). The Hall–Kier alpha value is -3.15. The Kier molecular flexibility index (Phi) is 8.13. The van der Waals surface area contributed by atoms with Gasteiger partial charge < -0.3 is 15.2 Å². The third-order valence-corrected chi connectivity index (χ3v) is 5.58. The minimum atomic E-state index is -1.33. The van der Waals surface area contributed by atoms with Crippen molar-refractivity contribution in [2.75, 3.05) is 0 Å². The first-order valence-corrected chi connectivity index (χ1v) is 11.6. The smallest absolute Gasteiger partial charge is 0.324 e. The largest absolute Gasteiger partial charge is 0.460 e. The van der Waals surface area contributed by atoms with Gasteiger partial charge in [-0.05, 0) is 33.3 Å². The fourth-order valence-electron chi connectivity index (χ4n) is 3.75. The van der Waals surface area contributed by atoms with Crippen LogP contribution in [0.2, 0.25) is 5.02 Å². The number of benzene rings is 3. The predicted octanol–water partition coefficient (Wildman–Crippen LogP) is 5.62. The minimum absolute atomic E-state index is 0.00328. The minimum Gasteiger partial charge on any atom is -0.460 e. The van der Waals surface area contributed by atoms with E-state index in [0.29, 0.717) is 10.6 Å². The molecule has 3 aromatic carbocycles. The standard InChI is InChI=1S/C28H30ClNO4/c1-27(2,3)33-25(31)19-18-24(30)26(32)34-28(20-12-6-4-7-13-20,21-14-8-5-9-15-21)22-16-10-11-17-23(22)29/h4-17,24H,18-19,30H2,1-3H3/t24-/m0/s1. The summed E-state index contributed by atoms with van der Waals surface area (Å²) in [4.78, 5) is 25.5. The monoisotopic (exact) mass is 479 g/mol. The van der Waals surface area contributed by atoms with Gasteiger partial charge in [-0.3, -0.25) is 9.59 Å². The molecule has 0 bridgehead atoms. The summed E-state index contributed by atoms with van der Waals surface area (Å²) in [5.41, 5.74) is 6.31. The van der Waals surface area contributed by atoms with Gasteiger partial charge in [-0.25, -0.2) is 0 Å². The van der Waals surface area contributed by atoms with E-state index in [2.05, 4.69) is 0 Å². The molecule has 0 aromatic heterocycles. The summed E-state index contributed by atoms with van der Waals surface area (Å²) >= 11 is 6.65. The molecule has 0 unspecified atom stereocenters. The van der Waals surface area contributed by atoms with Crippen molar-refractivity contribution >= 4 is 23.5 Å². The lowest BCUT2D eigenvalue weighted by molar-refractivity contribution is -0.157. The van der Waals surface area contributed by atoms with Crippen LogP contribution in [-0.4, -0.2) is 23.6 Å². The molecule has 0 aliphatic heterocycles. The van der Waals surface area contributed by atoms with E-state index in [0.717, 1.165) is 11.1 Å². The van der Waals surface area contributed by atoms with Crippen molar-refractivity contribution in [3.63, 3.8) is 0 Å². The van der Waals surface area contributed by atoms with Gasteiger partial charge in [-0.1, -0.05) is 90.5 Å². The zero-order valence-corrected chi connectivity index (χ0v) is 20.4. The Morgan fingerprint density at radius 1 is 0.824 bits per heavy atom. The molecule has 0 radical (unpaired) electrons. The van der Waals surface area contributed by atoms with E-state index in [9.17, 15) is 9.59 Å². The lowest BCUT2D eigenvalue weighted by Gasteiger charge is -2.36. The highest BCUT2D eigenvalue weighted by Gasteiger charge is 2.43. The number of halogens is 1. The molecule has 3 aromatic rings. The second kappa shape index (κ2) is 10.9. The normalized spacial score (nSPS) is 12.6. The highest BCUT2D eigenvalue weighted by molar-refractivity contribution is 6.31. The van der Waals surface area contributed by atoms with E-state index in [4.69, 9.17) is 26.8 Å². The second-order valence-electron chi connectivity index (χ2n) is 9.05. The third kappa shape index (κ3) is 6.04. The van der Waals surface area contributed by atoms with Gasteiger partial charge in [-0.2, -0.15) is 0 Å². The summed E-state index contributed by atoms with van der Waals surface area (Å²) in [7, 11) is 0. The summed E-state index contributed by atoms with van der Waals surface area (Å²) in [6, 6.07) is 25.1. The Morgan fingerprint density at radius 2 is 1.32 bits per heavy atom. The maximum Gasteiger partial charge on any atom is 0.324 e. The molecule has 0 saturated carbocycles. The first-order chi connectivity index (χ1) is 16.1. The number of hydrogen-bond donors (Lipinski definition) is 1. The van der Waals surface area contributed by atoms with Crippen LogP contribution in [0.5, 0.6) is 0 Å². The molecule has 0 aliphatic rings. The number of nitrogens with two attached hydrogens (primary N) is 1. The van der Waals surface area contributed by atoms with Crippen LogP contribution in [0.1, 0.15) is 50.3 Å². The van der Waals surface area contributed by atoms with Crippen molar-refractivity contribution in [3.05, 3.63) is 107 Å². The molecule has 178 valence electrons. The van der Waals surface area contributed by atoms with E-state index >= 15 is 0 Å². The van der Waals surface area contributed by atoms with E-state index in [1.807, 2.05) is 78.9 Å². The topological polar surface area (TPSA) is 78.6 Å². The van der Waals surface area contributed by atoms with Crippen LogP contribution in [0.4, 0.5) is 0 Å². The molecule has 0 fully saturated rings. The SMILES string of the molecule is CC(C)(C)OC(=O)CC[C@H](N)C(=O)OC(c1ccccc1)(c1ccccc1)c1ccccc1Cl. The fourth-order valence-corrected chi connectivity index (χ4v) is 4.02. The molecule has 0 spiro atoms. The molecule has 0 saturated heterocycles. The summed E-state index contributed by atoms with van der Waals surface area (Å²) in [6.07, 6.45) is 0.0965. The molecule has 5 nitrogen and oxygen atoms in total. The van der Waals surface area contributed by atoms with Gasteiger partial charge in [0.25, 0.3) is 0 Å². The van der Waals surface area contributed by atoms with Crippen molar-refractivity contribution in [1.29, 1.82) is 0 Å². The number of carbonyl (C=O) groups is 2. The second-order valence-corrected chi connectivity index (χ2v) is 9.45. The molecular weight excluding hydrogens is 450 g/mol. The number of rotatable bonds is 8. The highest BCUT2D eigenvalue weighted by atomic mass is 35.5. The average molecular weight is 480 g/mol. The van der Waals surface area contributed by atoms with Crippen LogP contribution in [0.15, 0.2) is 84.9 Å². The van der Waals surface area contributed by atoms with Crippen LogP contribution < -0.4 is 5.73 Å². The summed E-state index contributed by atoms with van der Waals surface area (Å²) in [5.74, 6) is -1.06. The van der Waals surface area contributed by atoms with Gasteiger partial charge in [0.05, 0.1) is 0 Å². The van der Waals surface area contributed by atoms with Crippen LogP contribution in [0.3, 0.4) is 0 Å². The van der Waals surface area contributed by atoms with E-state index in [1.165, 1.54) is 0 Å². The van der Waals surface area contributed by atoms with E-state index in [1.54, 1.807) is 26.8 Å². The zero-order valence-electron chi connectivity index (χ0n) is 19.7. The molecule has 2 N–H and O–H groups in total. The number of ether oxygens (including phenoxy) is 2. The molecular formula is C28H30ClNO4. The van der Waals surface area contributed by atoms with Crippen molar-refractivity contribution in [2.24, 2.45) is 5.73 Å². The molecule has 0 aliphatic carbocycles. The highest BCUT2D eigenvalue weighted by Crippen LogP contribution is 2.43. The van der Waals surface area contributed by atoms with Gasteiger partial charge in [0.1, 0.15) is 11.6 Å². The Balaban J connectivity index is 2.00. The molecule has 0 heterocycles. The lowest BCUT2D eigenvalue weighted by atomic mass is 9.80. The van der Waals surface area contributed by atoms with Crippen molar-refractivity contribution in [1.82, 2.24) is 0 Å². The molecule has 0 amide bonds. The van der Waals surface area contributed by atoms with E-state index in [-0.39, 0.29) is 12.8 Å². The number of hydrogen-bond acceptors (Lipinski definition) is 5. The molecule has 34 heavy (non-hydrogen) atoms. The van der Waals surface area contributed by atoms with Gasteiger partial charge in [0.15, 0.2) is 5.60 Å². The predicted molar refractivity (Wildman–Crippen MR) is 133 cm³/mol. The third-order valence-electron chi connectivity index (χ3n) is 5.25. The summed E-state index contributed by atoms with van der Waals surface area (Å²) in [5, 5.41) is 0.449. The maximum atomic E-state index is 13.3. The maximum absolute atomic E-state index is 13.3. The quantitative estimate of drug-likeness (QED) is 0.335. The molecule has 1 atom stereocenters. The fraction of sp³-hybridized carbons (Fsp3) is 0.286. The summed E-state index contributed by atoms with van der Waals surface area (Å²) in [6.45, 7) is 5.37. The number of esters is 2. The first kappa shape index (κ1) is 25.5. The van der Waals surface area contributed by atoms with Crippen molar-refractivity contribution in [2.45, 2.75) is 50.9 Å². The Morgan fingerprint density at radius 3 is 1.82 bits per heavy atom. The Labute approximate surface area is 205 Å². The zero-order chi connectivity index (χ0) is 24.8. The Bertz CT molecular complexity index is 1070. The average Bonchev–Trinajstić information content (AvgIpc) is 2.81. The van der Waals surface area contributed by atoms with Crippen LogP contribution >= 0.6 is 11.6 Å². The van der Waals surface area contributed by atoms with Crippen molar-refractivity contribution < 1.29 is 19.1 Å². The lowest BCUT2D eigenvalue weighted by Crippen LogP contribution is -2.42. The van der Waals surface area contributed by atoms with Crippen LogP contribution in [0.25, 0.3) is 0 Å².